The largest absolute Gasteiger partial charge is 0.494 e. The Morgan fingerprint density at radius 2 is 1.42 bits per heavy atom. The molecule has 0 amide bonds. The predicted octanol–water partition coefficient (Wildman–Crippen LogP) is 3.83. The van der Waals surface area contributed by atoms with Crippen LogP contribution in [0.1, 0.15) is 12.5 Å². The number of hydrogen-bond donors (Lipinski definition) is 0. The standard InChI is InChI=1S/C16H18O3/c1-3-18-16-10-8-15(9-11-16)14-6-4-13(5-7-14)12-19-17-2/h4-11H,3,12H2,1-2H3. The van der Waals surface area contributed by atoms with Gasteiger partial charge in [-0.2, -0.15) is 0 Å². The predicted molar refractivity (Wildman–Crippen MR) is 74.8 cm³/mol. The normalized spacial score (nSPS) is 10.4. The lowest BCUT2D eigenvalue weighted by molar-refractivity contribution is -0.282. The Morgan fingerprint density at radius 3 is 1.95 bits per heavy atom. The summed E-state index contributed by atoms with van der Waals surface area (Å²) in [5.74, 6) is 0.899. The molecule has 2 aromatic rings. The SMILES string of the molecule is CCOc1ccc(-c2ccc(COOC)cc2)cc1. The van der Waals surface area contributed by atoms with Gasteiger partial charge in [0.1, 0.15) is 12.4 Å². The van der Waals surface area contributed by atoms with Gasteiger partial charge in [0.2, 0.25) is 0 Å². The number of rotatable bonds is 6. The smallest absolute Gasteiger partial charge is 0.119 e. The van der Waals surface area contributed by atoms with Crippen molar-refractivity contribution in [2.75, 3.05) is 13.7 Å². The third kappa shape index (κ3) is 3.81. The average Bonchev–Trinajstić information content (AvgIpc) is 2.47. The highest BCUT2D eigenvalue weighted by Gasteiger charge is 1.99. The minimum atomic E-state index is 0.458. The van der Waals surface area contributed by atoms with Crippen molar-refractivity contribution in [1.82, 2.24) is 0 Å². The molecule has 19 heavy (non-hydrogen) atoms. The molecule has 0 saturated heterocycles. The van der Waals surface area contributed by atoms with Gasteiger partial charge < -0.3 is 4.74 Å². The van der Waals surface area contributed by atoms with E-state index in [1.54, 1.807) is 0 Å². The Balaban J connectivity index is 2.08. The molecule has 0 spiro atoms. The van der Waals surface area contributed by atoms with Crippen molar-refractivity contribution in [3.63, 3.8) is 0 Å². The van der Waals surface area contributed by atoms with Crippen LogP contribution in [0.2, 0.25) is 0 Å². The first kappa shape index (κ1) is 13.6. The Kier molecular flexibility index (Phi) is 4.95. The van der Waals surface area contributed by atoms with Gasteiger partial charge in [-0.1, -0.05) is 36.4 Å². The minimum Gasteiger partial charge on any atom is -0.494 e. The van der Waals surface area contributed by atoms with E-state index in [1.807, 2.05) is 31.2 Å². The monoisotopic (exact) mass is 258 g/mol. The maximum atomic E-state index is 5.43. The molecule has 0 aromatic heterocycles. The molecule has 2 rings (SSSR count). The summed E-state index contributed by atoms with van der Waals surface area (Å²) in [4.78, 5) is 9.47. The molecule has 0 bridgehead atoms. The molecule has 0 radical (unpaired) electrons. The van der Waals surface area contributed by atoms with Crippen LogP contribution in [0.4, 0.5) is 0 Å². The van der Waals surface area contributed by atoms with Crippen LogP contribution in [0.15, 0.2) is 48.5 Å². The Morgan fingerprint density at radius 1 is 0.842 bits per heavy atom. The number of hydrogen-bond acceptors (Lipinski definition) is 3. The highest BCUT2D eigenvalue weighted by atomic mass is 17.2. The highest BCUT2D eigenvalue weighted by Crippen LogP contribution is 2.23. The van der Waals surface area contributed by atoms with E-state index in [0.717, 1.165) is 11.3 Å². The van der Waals surface area contributed by atoms with E-state index in [2.05, 4.69) is 29.2 Å². The highest BCUT2D eigenvalue weighted by molar-refractivity contribution is 5.64. The van der Waals surface area contributed by atoms with Crippen molar-refractivity contribution in [1.29, 1.82) is 0 Å². The van der Waals surface area contributed by atoms with Crippen molar-refractivity contribution < 1.29 is 14.5 Å². The lowest BCUT2D eigenvalue weighted by atomic mass is 10.0. The molecule has 0 aliphatic heterocycles. The van der Waals surface area contributed by atoms with Crippen LogP contribution < -0.4 is 4.74 Å². The molecule has 100 valence electrons. The Labute approximate surface area is 113 Å². The van der Waals surface area contributed by atoms with Crippen LogP contribution in [0.5, 0.6) is 5.75 Å². The summed E-state index contributed by atoms with van der Waals surface area (Å²) in [6.45, 7) is 3.13. The van der Waals surface area contributed by atoms with E-state index in [-0.39, 0.29) is 0 Å². The molecule has 0 aliphatic carbocycles. The van der Waals surface area contributed by atoms with Crippen LogP contribution in [-0.4, -0.2) is 13.7 Å². The summed E-state index contributed by atoms with van der Waals surface area (Å²) in [5.41, 5.74) is 3.42. The Bertz CT molecular complexity index is 488. The van der Waals surface area contributed by atoms with Gasteiger partial charge in [-0.15, -0.1) is 0 Å². The molecule has 0 N–H and O–H groups in total. The molecular weight excluding hydrogens is 240 g/mol. The van der Waals surface area contributed by atoms with Crippen LogP contribution in [-0.2, 0) is 16.4 Å². The topological polar surface area (TPSA) is 27.7 Å². The maximum absolute atomic E-state index is 5.43. The summed E-state index contributed by atoms with van der Waals surface area (Å²) in [6.07, 6.45) is 0. The average molecular weight is 258 g/mol. The van der Waals surface area contributed by atoms with Crippen molar-refractivity contribution in [2.45, 2.75) is 13.5 Å². The summed E-state index contributed by atoms with van der Waals surface area (Å²) in [5, 5.41) is 0. The third-order valence-electron chi connectivity index (χ3n) is 2.80. The van der Waals surface area contributed by atoms with Gasteiger partial charge >= 0.3 is 0 Å². The van der Waals surface area contributed by atoms with Crippen LogP contribution in [0.3, 0.4) is 0 Å². The van der Waals surface area contributed by atoms with E-state index in [4.69, 9.17) is 9.62 Å². The van der Waals surface area contributed by atoms with Gasteiger partial charge in [0.05, 0.1) is 13.7 Å². The zero-order valence-electron chi connectivity index (χ0n) is 11.3. The van der Waals surface area contributed by atoms with Crippen molar-refractivity contribution in [3.8, 4) is 16.9 Å². The van der Waals surface area contributed by atoms with E-state index in [9.17, 15) is 0 Å². The molecular formula is C16H18O3. The molecule has 0 atom stereocenters. The fourth-order valence-corrected chi connectivity index (χ4v) is 1.83. The molecule has 0 saturated carbocycles. The second-order valence-corrected chi connectivity index (χ2v) is 4.08. The van der Waals surface area contributed by atoms with Crippen molar-refractivity contribution in [3.05, 3.63) is 54.1 Å². The summed E-state index contributed by atoms with van der Waals surface area (Å²) in [7, 11) is 1.51. The molecule has 0 unspecified atom stereocenters. The molecule has 3 heteroatoms. The summed E-state index contributed by atoms with van der Waals surface area (Å²) in [6, 6.07) is 16.3. The molecule has 3 nitrogen and oxygen atoms in total. The fraction of sp³-hybridized carbons (Fsp3) is 0.250. The molecule has 0 aliphatic rings. The quantitative estimate of drug-likeness (QED) is 0.582. The summed E-state index contributed by atoms with van der Waals surface area (Å²) < 4.78 is 5.43. The third-order valence-corrected chi connectivity index (χ3v) is 2.80. The molecule has 0 fully saturated rings. The maximum Gasteiger partial charge on any atom is 0.119 e. The molecule has 2 aromatic carbocycles. The van der Waals surface area contributed by atoms with E-state index in [1.165, 1.54) is 18.2 Å². The van der Waals surface area contributed by atoms with Gasteiger partial charge in [0.25, 0.3) is 0 Å². The van der Waals surface area contributed by atoms with E-state index >= 15 is 0 Å². The Hall–Kier alpha value is -1.84. The van der Waals surface area contributed by atoms with Crippen LogP contribution in [0.25, 0.3) is 11.1 Å². The molecule has 0 heterocycles. The zero-order valence-corrected chi connectivity index (χ0v) is 11.3. The second-order valence-electron chi connectivity index (χ2n) is 4.08. The lowest BCUT2D eigenvalue weighted by Crippen LogP contribution is -1.91. The number of benzene rings is 2. The van der Waals surface area contributed by atoms with E-state index in [0.29, 0.717) is 13.2 Å². The van der Waals surface area contributed by atoms with Gasteiger partial charge in [-0.3, -0.25) is 0 Å². The first-order valence-electron chi connectivity index (χ1n) is 6.31. The second kappa shape index (κ2) is 6.92. The fourth-order valence-electron chi connectivity index (χ4n) is 1.83. The van der Waals surface area contributed by atoms with Gasteiger partial charge in [-0.05, 0) is 35.7 Å². The lowest BCUT2D eigenvalue weighted by Gasteiger charge is -2.06. The van der Waals surface area contributed by atoms with Gasteiger partial charge in [0, 0.05) is 0 Å². The zero-order chi connectivity index (χ0) is 13.5. The van der Waals surface area contributed by atoms with Crippen molar-refractivity contribution >= 4 is 0 Å². The van der Waals surface area contributed by atoms with Gasteiger partial charge in [0.15, 0.2) is 0 Å². The van der Waals surface area contributed by atoms with Crippen molar-refractivity contribution in [2.24, 2.45) is 0 Å². The van der Waals surface area contributed by atoms with Crippen LogP contribution in [0, 0.1) is 0 Å². The summed E-state index contributed by atoms with van der Waals surface area (Å²) >= 11 is 0. The minimum absolute atomic E-state index is 0.458. The first-order chi connectivity index (χ1) is 9.33. The first-order valence-corrected chi connectivity index (χ1v) is 6.31. The van der Waals surface area contributed by atoms with E-state index < -0.39 is 0 Å². The van der Waals surface area contributed by atoms with Crippen LogP contribution >= 0.6 is 0 Å². The van der Waals surface area contributed by atoms with Gasteiger partial charge in [-0.25, -0.2) is 9.78 Å². The number of ether oxygens (including phenoxy) is 1.